The number of hydrogen-bond donors (Lipinski definition) is 1. The van der Waals surface area contributed by atoms with E-state index in [0.717, 1.165) is 28.4 Å². The molecule has 276 valence electrons. The highest BCUT2D eigenvalue weighted by Crippen LogP contribution is 2.57. The molecule has 10 aromatic carbocycles. The van der Waals surface area contributed by atoms with Crippen molar-refractivity contribution in [2.45, 2.75) is 5.41 Å². The Bertz CT molecular complexity index is 3180. The van der Waals surface area contributed by atoms with Gasteiger partial charge in [-0.25, -0.2) is 0 Å². The smallest absolute Gasteiger partial charge is 0.0714 e. The van der Waals surface area contributed by atoms with E-state index in [0.29, 0.717) is 0 Å². The van der Waals surface area contributed by atoms with Crippen LogP contribution < -0.4 is 10.2 Å². The van der Waals surface area contributed by atoms with E-state index in [-0.39, 0.29) is 0 Å². The summed E-state index contributed by atoms with van der Waals surface area (Å²) in [7, 11) is 0. The summed E-state index contributed by atoms with van der Waals surface area (Å²) in [5.74, 6) is 0. The largest absolute Gasteiger partial charge is 0.354 e. The Morgan fingerprint density at radius 2 is 0.915 bits per heavy atom. The topological polar surface area (TPSA) is 15.3 Å². The molecule has 0 atom stereocenters. The molecule has 2 nitrogen and oxygen atoms in total. The second kappa shape index (κ2) is 13.2. The molecule has 10 aromatic rings. The number of nitrogens with zero attached hydrogens (tertiary/aromatic N) is 1. The molecule has 0 saturated carbocycles. The van der Waals surface area contributed by atoms with Crippen LogP contribution in [0.2, 0.25) is 0 Å². The van der Waals surface area contributed by atoms with Gasteiger partial charge in [-0.15, -0.1) is 0 Å². The van der Waals surface area contributed by atoms with E-state index in [9.17, 15) is 0 Å². The van der Waals surface area contributed by atoms with E-state index in [4.69, 9.17) is 0 Å². The zero-order chi connectivity index (χ0) is 38.9. The maximum atomic E-state index is 3.78. The number of anilines is 5. The summed E-state index contributed by atoms with van der Waals surface area (Å²) in [5, 5.41) is 8.79. The van der Waals surface area contributed by atoms with E-state index >= 15 is 0 Å². The zero-order valence-electron chi connectivity index (χ0n) is 32.3. The highest BCUT2D eigenvalue weighted by molar-refractivity contribution is 6.16. The van der Waals surface area contributed by atoms with Gasteiger partial charge < -0.3 is 10.2 Å². The molecule has 1 aliphatic heterocycles. The van der Waals surface area contributed by atoms with Gasteiger partial charge in [0.25, 0.3) is 0 Å². The van der Waals surface area contributed by atoms with Crippen LogP contribution in [0.3, 0.4) is 0 Å². The van der Waals surface area contributed by atoms with Gasteiger partial charge in [0, 0.05) is 39.4 Å². The molecule has 0 amide bonds. The Kier molecular flexibility index (Phi) is 7.48. The third kappa shape index (κ3) is 5.06. The van der Waals surface area contributed by atoms with Crippen molar-refractivity contribution in [1.29, 1.82) is 0 Å². The molecule has 0 saturated heterocycles. The van der Waals surface area contributed by atoms with Crippen LogP contribution in [0.15, 0.2) is 224 Å². The molecule has 12 rings (SSSR count). The Labute approximate surface area is 344 Å². The van der Waals surface area contributed by atoms with Crippen molar-refractivity contribution < 1.29 is 0 Å². The maximum Gasteiger partial charge on any atom is 0.0714 e. The van der Waals surface area contributed by atoms with E-state index in [1.54, 1.807) is 0 Å². The van der Waals surface area contributed by atoms with Gasteiger partial charge in [-0.1, -0.05) is 170 Å². The molecular weight excluding hydrogens is 713 g/mol. The predicted octanol–water partition coefficient (Wildman–Crippen LogP) is 15.2. The molecule has 1 aliphatic carbocycles. The van der Waals surface area contributed by atoms with Gasteiger partial charge in [-0.2, -0.15) is 0 Å². The molecule has 0 unspecified atom stereocenters. The minimum Gasteiger partial charge on any atom is -0.354 e. The second-order valence-corrected chi connectivity index (χ2v) is 15.7. The van der Waals surface area contributed by atoms with Gasteiger partial charge in [0.15, 0.2) is 0 Å². The van der Waals surface area contributed by atoms with Crippen molar-refractivity contribution in [2.75, 3.05) is 10.2 Å². The van der Waals surface area contributed by atoms with Crippen molar-refractivity contribution >= 4 is 50.0 Å². The molecule has 1 heterocycles. The Morgan fingerprint density at radius 3 is 1.66 bits per heavy atom. The highest BCUT2D eigenvalue weighted by Gasteiger charge is 2.46. The number of rotatable bonds is 6. The van der Waals surface area contributed by atoms with E-state index < -0.39 is 5.41 Å². The van der Waals surface area contributed by atoms with Crippen LogP contribution in [-0.4, -0.2) is 0 Å². The molecular formula is C57H38N2. The first kappa shape index (κ1) is 33.5. The van der Waals surface area contributed by atoms with Crippen molar-refractivity contribution in [3.05, 3.63) is 247 Å². The fraction of sp³-hybridized carbons (Fsp3) is 0.0175. The molecule has 0 spiro atoms. The monoisotopic (exact) mass is 750 g/mol. The minimum absolute atomic E-state index is 0.478. The van der Waals surface area contributed by atoms with Gasteiger partial charge in [0.05, 0.1) is 5.41 Å². The van der Waals surface area contributed by atoms with Crippen LogP contribution in [0.4, 0.5) is 28.4 Å². The number of para-hydroxylation sites is 1. The summed E-state index contributed by atoms with van der Waals surface area (Å²) < 4.78 is 0. The van der Waals surface area contributed by atoms with Gasteiger partial charge >= 0.3 is 0 Å². The summed E-state index contributed by atoms with van der Waals surface area (Å²) in [4.78, 5) is 2.40. The second-order valence-electron chi connectivity index (χ2n) is 15.7. The maximum absolute atomic E-state index is 3.78. The lowest BCUT2D eigenvalue weighted by Crippen LogP contribution is -2.28. The van der Waals surface area contributed by atoms with E-state index in [1.807, 2.05) is 0 Å². The minimum atomic E-state index is -0.478. The Morgan fingerprint density at radius 1 is 0.339 bits per heavy atom. The quantitative estimate of drug-likeness (QED) is 0.182. The third-order valence-corrected chi connectivity index (χ3v) is 12.6. The summed E-state index contributed by atoms with van der Waals surface area (Å²) >= 11 is 0. The standard InChI is InChI=1S/C57H38N2/c1-4-17-41(18-5-1)57(42-19-6-2-7-20-42)52-26-13-12-23-47(52)48-32-31-45(37-53(48)57)59(43-21-8-3-9-22-43)44-29-27-38(28-30-44)46-33-34-54-56-49(46)24-14-25-50(56)51-35-39-15-10-11-16-40(39)36-55(51)58-54/h1-37,58H. The first-order valence-corrected chi connectivity index (χ1v) is 20.4. The number of benzene rings is 10. The summed E-state index contributed by atoms with van der Waals surface area (Å²) in [6.07, 6.45) is 0. The summed E-state index contributed by atoms with van der Waals surface area (Å²) in [6.45, 7) is 0. The first-order valence-electron chi connectivity index (χ1n) is 20.4. The van der Waals surface area contributed by atoms with Crippen LogP contribution in [0, 0.1) is 0 Å². The fourth-order valence-corrected chi connectivity index (χ4v) is 10.1. The SMILES string of the molecule is c1ccc(N(c2ccc(-c3ccc4c5c(cccc35)-c3cc5ccccc5cc3N4)cc2)c2ccc3c(c2)C(c2ccccc2)(c2ccccc2)c2ccccc2-3)cc1. The van der Waals surface area contributed by atoms with Crippen molar-refractivity contribution in [2.24, 2.45) is 0 Å². The molecule has 59 heavy (non-hydrogen) atoms. The molecule has 2 aliphatic rings. The summed E-state index contributed by atoms with van der Waals surface area (Å²) in [6, 6.07) is 82.5. The lowest BCUT2D eigenvalue weighted by atomic mass is 9.67. The Balaban J connectivity index is 1.000. The van der Waals surface area contributed by atoms with Crippen molar-refractivity contribution in [3.8, 4) is 33.4 Å². The summed E-state index contributed by atoms with van der Waals surface area (Å²) in [5.41, 5.74) is 17.8. The van der Waals surface area contributed by atoms with Gasteiger partial charge in [0.1, 0.15) is 0 Å². The molecule has 1 N–H and O–H groups in total. The van der Waals surface area contributed by atoms with Gasteiger partial charge in [-0.3, -0.25) is 0 Å². The predicted molar refractivity (Wildman–Crippen MR) is 248 cm³/mol. The van der Waals surface area contributed by atoms with E-state index in [2.05, 4.69) is 235 Å². The first-order chi connectivity index (χ1) is 29.3. The third-order valence-electron chi connectivity index (χ3n) is 12.6. The molecule has 0 fully saturated rings. The van der Waals surface area contributed by atoms with Gasteiger partial charge in [-0.05, 0) is 121 Å². The van der Waals surface area contributed by atoms with Crippen LogP contribution in [0.1, 0.15) is 22.3 Å². The normalized spacial score (nSPS) is 13.0. The average molecular weight is 751 g/mol. The van der Waals surface area contributed by atoms with Crippen molar-refractivity contribution in [3.63, 3.8) is 0 Å². The lowest BCUT2D eigenvalue weighted by Gasteiger charge is -2.35. The lowest BCUT2D eigenvalue weighted by molar-refractivity contribution is 0.768. The van der Waals surface area contributed by atoms with E-state index in [1.165, 1.54) is 77.2 Å². The molecule has 0 aromatic heterocycles. The average Bonchev–Trinajstić information content (AvgIpc) is 3.60. The molecule has 0 radical (unpaired) electrons. The Hall–Kier alpha value is -7.68. The zero-order valence-corrected chi connectivity index (χ0v) is 32.3. The number of hydrogen-bond acceptors (Lipinski definition) is 2. The fourth-order valence-electron chi connectivity index (χ4n) is 10.1. The van der Waals surface area contributed by atoms with Crippen molar-refractivity contribution in [1.82, 2.24) is 0 Å². The number of fused-ring (bicyclic) bond motifs is 6. The van der Waals surface area contributed by atoms with Crippen LogP contribution in [0.25, 0.3) is 54.9 Å². The van der Waals surface area contributed by atoms with Gasteiger partial charge in [0.2, 0.25) is 0 Å². The number of nitrogens with one attached hydrogen (secondary N) is 1. The molecule has 2 heteroatoms. The van der Waals surface area contributed by atoms with Crippen LogP contribution >= 0.6 is 0 Å². The molecule has 0 bridgehead atoms. The highest BCUT2D eigenvalue weighted by atomic mass is 15.1. The van der Waals surface area contributed by atoms with Crippen LogP contribution in [-0.2, 0) is 5.41 Å². The van der Waals surface area contributed by atoms with Crippen LogP contribution in [0.5, 0.6) is 0 Å².